The van der Waals surface area contributed by atoms with E-state index in [9.17, 15) is 18.0 Å². The van der Waals surface area contributed by atoms with Crippen LogP contribution in [0.1, 0.15) is 36.4 Å². The van der Waals surface area contributed by atoms with Gasteiger partial charge in [-0.1, -0.05) is 105 Å². The fraction of sp³-hybridized carbons (Fsp3) is 0.212. The molecule has 0 bridgehead atoms. The molecule has 5 rings (SSSR count). The van der Waals surface area contributed by atoms with Crippen LogP contribution in [-0.4, -0.2) is 38.3 Å². The zero-order valence-electron chi connectivity index (χ0n) is 23.5. The number of furan rings is 1. The number of ether oxygens (including phenoxy) is 1. The van der Waals surface area contributed by atoms with Crippen molar-refractivity contribution in [2.24, 2.45) is 5.92 Å². The minimum atomic E-state index is -4.42. The van der Waals surface area contributed by atoms with E-state index in [-0.39, 0.29) is 12.2 Å². The van der Waals surface area contributed by atoms with E-state index in [4.69, 9.17) is 9.15 Å². The highest BCUT2D eigenvalue weighted by molar-refractivity contribution is 7.91. The molecule has 0 radical (unpaired) electrons. The lowest BCUT2D eigenvalue weighted by Gasteiger charge is -2.34. The summed E-state index contributed by atoms with van der Waals surface area (Å²) >= 11 is 0. The highest BCUT2D eigenvalue weighted by atomic mass is 32.2. The number of sulfonamides is 1. The van der Waals surface area contributed by atoms with Crippen molar-refractivity contribution in [1.29, 1.82) is 0 Å². The van der Waals surface area contributed by atoms with Crippen molar-refractivity contribution in [2.45, 2.75) is 31.2 Å². The Bertz CT molecular complexity index is 1780. The molecular weight excluding hydrogens is 552 g/mol. The number of fused-ring (bicyclic) bond motifs is 1. The summed E-state index contributed by atoms with van der Waals surface area (Å²) in [7, 11) is -3.22. The van der Waals surface area contributed by atoms with E-state index < -0.39 is 38.7 Å². The van der Waals surface area contributed by atoms with Crippen LogP contribution in [-0.2, 0) is 19.6 Å². The molecule has 0 saturated heterocycles. The molecule has 0 fully saturated rings. The minimum Gasteiger partial charge on any atom is -0.468 e. The number of benzene rings is 3. The molecule has 3 aromatic carbocycles. The van der Waals surface area contributed by atoms with Crippen molar-refractivity contribution >= 4 is 38.4 Å². The number of methoxy groups -OCH3 is 1. The van der Waals surface area contributed by atoms with Gasteiger partial charge in [0.05, 0.1) is 7.11 Å². The Labute approximate surface area is 245 Å². The summed E-state index contributed by atoms with van der Waals surface area (Å²) < 4.78 is 41.7. The van der Waals surface area contributed by atoms with Gasteiger partial charge in [0.25, 0.3) is 5.91 Å². The first kappa shape index (κ1) is 29.0. The third-order valence-electron chi connectivity index (χ3n) is 7.34. The Kier molecular flexibility index (Phi) is 8.15. The molecule has 8 nitrogen and oxygen atoms in total. The van der Waals surface area contributed by atoms with Crippen LogP contribution in [0.15, 0.2) is 108 Å². The molecule has 4 aromatic rings. The number of allylic oxidation sites excluding steroid dienone is 2. The van der Waals surface area contributed by atoms with Crippen LogP contribution >= 0.6 is 0 Å². The minimum absolute atomic E-state index is 0.0170. The maximum absolute atomic E-state index is 14.1. The van der Waals surface area contributed by atoms with E-state index in [1.807, 2.05) is 72.8 Å². The van der Waals surface area contributed by atoms with E-state index in [0.717, 1.165) is 22.1 Å². The molecule has 2 N–H and O–H groups in total. The molecule has 42 heavy (non-hydrogen) atoms. The van der Waals surface area contributed by atoms with Gasteiger partial charge >= 0.3 is 5.97 Å². The molecule has 1 heterocycles. The second kappa shape index (κ2) is 11.8. The lowest BCUT2D eigenvalue weighted by atomic mass is 9.96. The number of hydrogen-bond acceptors (Lipinski definition) is 6. The third-order valence-corrected chi connectivity index (χ3v) is 9.27. The highest BCUT2D eigenvalue weighted by Crippen LogP contribution is 2.37. The molecule has 9 heteroatoms. The van der Waals surface area contributed by atoms with Crippen LogP contribution in [0.25, 0.3) is 27.7 Å². The molecular formula is C33H32N2O6S. The fourth-order valence-corrected chi connectivity index (χ4v) is 6.72. The van der Waals surface area contributed by atoms with Crippen LogP contribution in [0.5, 0.6) is 0 Å². The normalized spacial score (nSPS) is 17.6. The third kappa shape index (κ3) is 5.53. The van der Waals surface area contributed by atoms with Crippen molar-refractivity contribution in [3.63, 3.8) is 0 Å². The molecule has 1 aliphatic rings. The van der Waals surface area contributed by atoms with E-state index in [2.05, 4.69) is 10.0 Å². The Morgan fingerprint density at radius 2 is 1.52 bits per heavy atom. The Morgan fingerprint density at radius 1 is 0.905 bits per heavy atom. The summed E-state index contributed by atoms with van der Waals surface area (Å²) in [6.07, 6.45) is 4.78. The number of rotatable bonds is 9. The van der Waals surface area contributed by atoms with Gasteiger partial charge in [0.1, 0.15) is 11.6 Å². The predicted molar refractivity (Wildman–Crippen MR) is 163 cm³/mol. The quantitative estimate of drug-likeness (QED) is 0.245. The standard InChI is InChI=1S/C33H32N2O6S/c1-22(2)29(32(37)40-3)35-42(38,39)33(20-18-24(19-21-33)23-12-6-4-7-13-23)34-31(36)30-28(25-14-8-5-9-15-25)26-16-10-11-17-27(26)41-30/h4-20,22,29,35H,21H2,1-3H3,(H,34,36). The first-order chi connectivity index (χ1) is 20.2. The number of esters is 1. The largest absolute Gasteiger partial charge is 0.468 e. The lowest BCUT2D eigenvalue weighted by Crippen LogP contribution is -2.60. The van der Waals surface area contributed by atoms with E-state index in [0.29, 0.717) is 11.1 Å². The second-order valence-electron chi connectivity index (χ2n) is 10.4. The van der Waals surface area contributed by atoms with E-state index in [1.165, 1.54) is 13.2 Å². The summed E-state index contributed by atoms with van der Waals surface area (Å²) in [6, 6.07) is 24.9. The molecule has 0 spiro atoms. The number of amides is 1. The lowest BCUT2D eigenvalue weighted by molar-refractivity contribution is -0.143. The van der Waals surface area contributed by atoms with Gasteiger partial charge in [-0.2, -0.15) is 4.72 Å². The summed E-state index contributed by atoms with van der Waals surface area (Å²) in [5, 5.41) is 3.49. The Morgan fingerprint density at radius 3 is 2.12 bits per heavy atom. The highest BCUT2D eigenvalue weighted by Gasteiger charge is 2.47. The van der Waals surface area contributed by atoms with E-state index >= 15 is 0 Å². The molecule has 2 atom stereocenters. The fourth-order valence-electron chi connectivity index (χ4n) is 5.03. The van der Waals surface area contributed by atoms with Gasteiger partial charge in [0.2, 0.25) is 15.8 Å². The van der Waals surface area contributed by atoms with Crippen LogP contribution in [0.4, 0.5) is 0 Å². The summed E-state index contributed by atoms with van der Waals surface area (Å²) in [6.45, 7) is 3.42. The second-order valence-corrected chi connectivity index (χ2v) is 12.4. The van der Waals surface area contributed by atoms with Gasteiger partial charge in [-0.15, -0.1) is 0 Å². The van der Waals surface area contributed by atoms with Gasteiger partial charge in [0, 0.05) is 17.4 Å². The van der Waals surface area contributed by atoms with Gasteiger partial charge in [-0.25, -0.2) is 8.42 Å². The maximum atomic E-state index is 14.1. The topological polar surface area (TPSA) is 115 Å². The van der Waals surface area contributed by atoms with Crippen LogP contribution in [0, 0.1) is 5.92 Å². The van der Waals surface area contributed by atoms with Gasteiger partial charge in [-0.3, -0.25) is 9.59 Å². The van der Waals surface area contributed by atoms with Crippen molar-refractivity contribution in [1.82, 2.24) is 10.0 Å². The zero-order chi connectivity index (χ0) is 29.9. The number of nitrogens with one attached hydrogen (secondary N) is 2. The molecule has 216 valence electrons. The number of carbonyl (C=O) groups is 2. The van der Waals surface area contributed by atoms with Crippen molar-refractivity contribution in [2.75, 3.05) is 7.11 Å². The smallest absolute Gasteiger partial charge is 0.324 e. The van der Waals surface area contributed by atoms with E-state index in [1.54, 1.807) is 38.1 Å². The monoisotopic (exact) mass is 584 g/mol. The first-order valence-electron chi connectivity index (χ1n) is 13.6. The van der Waals surface area contributed by atoms with Crippen molar-refractivity contribution in [3.8, 4) is 11.1 Å². The average molecular weight is 585 g/mol. The van der Waals surface area contributed by atoms with Gasteiger partial charge < -0.3 is 14.5 Å². The molecule has 1 amide bonds. The summed E-state index contributed by atoms with van der Waals surface area (Å²) in [5.41, 5.74) is 3.50. The van der Waals surface area contributed by atoms with Gasteiger partial charge in [0.15, 0.2) is 4.87 Å². The predicted octanol–water partition coefficient (Wildman–Crippen LogP) is 5.69. The number of carbonyl (C=O) groups excluding carboxylic acids is 2. The summed E-state index contributed by atoms with van der Waals surface area (Å²) in [4.78, 5) is 24.6. The van der Waals surface area contributed by atoms with Gasteiger partial charge in [-0.05, 0) is 34.8 Å². The zero-order valence-corrected chi connectivity index (χ0v) is 24.4. The molecule has 2 unspecified atom stereocenters. The van der Waals surface area contributed by atoms with Crippen molar-refractivity contribution in [3.05, 3.63) is 114 Å². The molecule has 1 aliphatic carbocycles. The number of hydrogen-bond donors (Lipinski definition) is 2. The van der Waals surface area contributed by atoms with Crippen LogP contribution in [0.2, 0.25) is 0 Å². The molecule has 1 aromatic heterocycles. The number of para-hydroxylation sites is 1. The maximum Gasteiger partial charge on any atom is 0.324 e. The average Bonchev–Trinajstić information content (AvgIpc) is 3.40. The Balaban J connectivity index is 1.59. The first-order valence-corrected chi connectivity index (χ1v) is 15.1. The molecule has 0 saturated carbocycles. The summed E-state index contributed by atoms with van der Waals surface area (Å²) in [5.74, 6) is -1.87. The van der Waals surface area contributed by atoms with Crippen molar-refractivity contribution < 1.29 is 27.2 Å². The molecule has 0 aliphatic heterocycles. The SMILES string of the molecule is COC(=O)C(NS(=O)(=O)C1(NC(=O)c2oc3ccccc3c2-c2ccccc2)C=CC(c2ccccc2)=CC1)C(C)C. The Hall–Kier alpha value is -4.47. The van der Waals surface area contributed by atoms with Crippen LogP contribution < -0.4 is 10.0 Å². The van der Waals surface area contributed by atoms with Crippen LogP contribution in [0.3, 0.4) is 0 Å².